The lowest BCUT2D eigenvalue weighted by molar-refractivity contribution is -0.139. The molecule has 1 aromatic rings. The zero-order chi connectivity index (χ0) is 14.6. The number of carbonyl (C=O) groups excluding carboxylic acids is 1. The molecule has 0 saturated heterocycles. The molecule has 5 heteroatoms. The molecule has 0 bridgehead atoms. The first kappa shape index (κ1) is 15.7. The van der Waals surface area contributed by atoms with E-state index in [1.165, 1.54) is 0 Å². The monoisotopic (exact) mass is 327 g/mol. The van der Waals surface area contributed by atoms with Crippen LogP contribution < -0.4 is 5.32 Å². The highest BCUT2D eigenvalue weighted by atomic mass is 79.9. The quantitative estimate of drug-likeness (QED) is 0.868. The summed E-state index contributed by atoms with van der Waals surface area (Å²) in [4.78, 5) is 22.6. The smallest absolute Gasteiger partial charge is 0.303 e. The second kappa shape index (κ2) is 6.19. The Morgan fingerprint density at radius 2 is 1.95 bits per heavy atom. The first-order chi connectivity index (χ1) is 8.69. The van der Waals surface area contributed by atoms with Crippen molar-refractivity contribution in [3.63, 3.8) is 0 Å². The maximum atomic E-state index is 11.9. The van der Waals surface area contributed by atoms with E-state index in [-0.39, 0.29) is 18.7 Å². The van der Waals surface area contributed by atoms with Crippen molar-refractivity contribution in [2.24, 2.45) is 5.41 Å². The molecule has 0 radical (unpaired) electrons. The molecule has 0 saturated carbocycles. The standard InChI is InChI=1S/C14H18BrNO3/c1-9-4-5-10(6-11(9)15)16-12(17)7-14(2,3)8-13(18)19/h4-6H,7-8H2,1-3H3,(H,16,17)(H,18,19). The molecule has 0 aliphatic heterocycles. The summed E-state index contributed by atoms with van der Waals surface area (Å²) < 4.78 is 0.926. The lowest BCUT2D eigenvalue weighted by Gasteiger charge is -2.21. The summed E-state index contributed by atoms with van der Waals surface area (Å²) >= 11 is 3.40. The molecule has 0 unspecified atom stereocenters. The molecule has 0 aromatic heterocycles. The number of hydrogen-bond donors (Lipinski definition) is 2. The molecule has 1 aromatic carbocycles. The number of carboxylic acid groups (broad SMARTS) is 1. The Balaban J connectivity index is 2.64. The van der Waals surface area contributed by atoms with Gasteiger partial charge < -0.3 is 10.4 Å². The minimum absolute atomic E-state index is 0.0297. The normalized spacial score (nSPS) is 11.2. The summed E-state index contributed by atoms with van der Waals surface area (Å²) in [7, 11) is 0. The number of carbonyl (C=O) groups is 2. The van der Waals surface area contributed by atoms with E-state index < -0.39 is 11.4 Å². The summed E-state index contributed by atoms with van der Waals surface area (Å²) in [6.07, 6.45) is 0.142. The van der Waals surface area contributed by atoms with Gasteiger partial charge in [-0.3, -0.25) is 9.59 Å². The van der Waals surface area contributed by atoms with Gasteiger partial charge in [0, 0.05) is 16.6 Å². The predicted octanol–water partition coefficient (Wildman–Crippen LogP) is 3.59. The lowest BCUT2D eigenvalue weighted by Crippen LogP contribution is -2.24. The Kier molecular flexibility index (Phi) is 5.11. The zero-order valence-corrected chi connectivity index (χ0v) is 12.9. The number of benzene rings is 1. The van der Waals surface area contributed by atoms with Crippen LogP contribution in [0.3, 0.4) is 0 Å². The lowest BCUT2D eigenvalue weighted by atomic mass is 9.85. The fourth-order valence-electron chi connectivity index (χ4n) is 1.78. The number of carboxylic acids is 1. The fourth-order valence-corrected chi connectivity index (χ4v) is 2.16. The van der Waals surface area contributed by atoms with Crippen LogP contribution >= 0.6 is 15.9 Å². The van der Waals surface area contributed by atoms with E-state index in [9.17, 15) is 9.59 Å². The minimum Gasteiger partial charge on any atom is -0.481 e. The molecular formula is C14H18BrNO3. The molecule has 1 rings (SSSR count). The molecule has 19 heavy (non-hydrogen) atoms. The van der Waals surface area contributed by atoms with Crippen LogP contribution in [0.15, 0.2) is 22.7 Å². The molecule has 0 heterocycles. The third-order valence-corrected chi connectivity index (χ3v) is 3.58. The zero-order valence-electron chi connectivity index (χ0n) is 11.3. The average molecular weight is 328 g/mol. The highest BCUT2D eigenvalue weighted by molar-refractivity contribution is 9.10. The molecule has 0 atom stereocenters. The Labute approximate surface area is 121 Å². The average Bonchev–Trinajstić information content (AvgIpc) is 2.20. The van der Waals surface area contributed by atoms with Gasteiger partial charge in [-0.25, -0.2) is 0 Å². The number of nitrogens with one attached hydrogen (secondary N) is 1. The molecular weight excluding hydrogens is 310 g/mol. The Morgan fingerprint density at radius 3 is 2.47 bits per heavy atom. The first-order valence-corrected chi connectivity index (χ1v) is 6.77. The second-order valence-corrected chi connectivity index (χ2v) is 6.28. The predicted molar refractivity (Wildman–Crippen MR) is 78.2 cm³/mol. The van der Waals surface area contributed by atoms with E-state index in [0.29, 0.717) is 5.69 Å². The van der Waals surface area contributed by atoms with Crippen molar-refractivity contribution < 1.29 is 14.7 Å². The summed E-state index contributed by atoms with van der Waals surface area (Å²) in [5, 5.41) is 11.6. The summed E-state index contributed by atoms with van der Waals surface area (Å²) in [6.45, 7) is 5.50. The van der Waals surface area contributed by atoms with Crippen molar-refractivity contribution in [3.8, 4) is 0 Å². The van der Waals surface area contributed by atoms with Crippen molar-refractivity contribution in [2.75, 3.05) is 5.32 Å². The number of anilines is 1. The number of rotatable bonds is 5. The molecule has 0 aliphatic carbocycles. The number of aliphatic carboxylic acids is 1. The summed E-state index contributed by atoms with van der Waals surface area (Å²) in [5.74, 6) is -1.07. The molecule has 1 amide bonds. The van der Waals surface area contributed by atoms with Crippen LogP contribution in [0.4, 0.5) is 5.69 Å². The van der Waals surface area contributed by atoms with Gasteiger partial charge >= 0.3 is 5.97 Å². The van der Waals surface area contributed by atoms with Crippen LogP contribution in [0.25, 0.3) is 0 Å². The third kappa shape index (κ3) is 5.42. The number of aryl methyl sites for hydroxylation is 1. The Hall–Kier alpha value is -1.36. The number of halogens is 1. The Bertz CT molecular complexity index is 497. The van der Waals surface area contributed by atoms with E-state index >= 15 is 0 Å². The highest BCUT2D eigenvalue weighted by Crippen LogP contribution is 2.26. The van der Waals surface area contributed by atoms with Crippen LogP contribution in [-0.2, 0) is 9.59 Å². The Morgan fingerprint density at radius 1 is 1.32 bits per heavy atom. The van der Waals surface area contributed by atoms with Gasteiger partial charge in [0.15, 0.2) is 0 Å². The SMILES string of the molecule is Cc1ccc(NC(=O)CC(C)(C)CC(=O)O)cc1Br. The van der Waals surface area contributed by atoms with E-state index in [2.05, 4.69) is 21.2 Å². The van der Waals surface area contributed by atoms with Gasteiger partial charge in [-0.05, 0) is 30.0 Å². The van der Waals surface area contributed by atoms with Crippen LogP contribution in [-0.4, -0.2) is 17.0 Å². The van der Waals surface area contributed by atoms with Crippen LogP contribution in [0.5, 0.6) is 0 Å². The maximum absolute atomic E-state index is 11.9. The largest absolute Gasteiger partial charge is 0.481 e. The van der Waals surface area contributed by atoms with Gasteiger partial charge in [-0.1, -0.05) is 35.8 Å². The summed E-state index contributed by atoms with van der Waals surface area (Å²) in [6, 6.07) is 5.56. The van der Waals surface area contributed by atoms with Crippen molar-refractivity contribution in [3.05, 3.63) is 28.2 Å². The molecule has 2 N–H and O–H groups in total. The van der Waals surface area contributed by atoms with Gasteiger partial charge in [0.05, 0.1) is 6.42 Å². The number of amides is 1. The molecule has 4 nitrogen and oxygen atoms in total. The second-order valence-electron chi connectivity index (χ2n) is 5.42. The van der Waals surface area contributed by atoms with Gasteiger partial charge in [0.25, 0.3) is 0 Å². The first-order valence-electron chi connectivity index (χ1n) is 5.97. The maximum Gasteiger partial charge on any atom is 0.303 e. The summed E-state index contributed by atoms with van der Waals surface area (Å²) in [5.41, 5.74) is 1.23. The van der Waals surface area contributed by atoms with Crippen LogP contribution in [0, 0.1) is 12.3 Å². The van der Waals surface area contributed by atoms with E-state index in [4.69, 9.17) is 5.11 Å². The van der Waals surface area contributed by atoms with E-state index in [0.717, 1.165) is 10.0 Å². The molecule has 0 fully saturated rings. The van der Waals surface area contributed by atoms with Crippen LogP contribution in [0.2, 0.25) is 0 Å². The third-order valence-electron chi connectivity index (χ3n) is 2.72. The van der Waals surface area contributed by atoms with Gasteiger partial charge in [0.2, 0.25) is 5.91 Å². The highest BCUT2D eigenvalue weighted by Gasteiger charge is 2.25. The van der Waals surface area contributed by atoms with E-state index in [1.807, 2.05) is 25.1 Å². The number of hydrogen-bond acceptors (Lipinski definition) is 2. The van der Waals surface area contributed by atoms with Crippen molar-refractivity contribution in [1.29, 1.82) is 0 Å². The minimum atomic E-state index is -0.893. The molecule has 0 aliphatic rings. The van der Waals surface area contributed by atoms with Crippen molar-refractivity contribution in [2.45, 2.75) is 33.6 Å². The van der Waals surface area contributed by atoms with Crippen LogP contribution in [0.1, 0.15) is 32.3 Å². The van der Waals surface area contributed by atoms with Crippen molar-refractivity contribution >= 4 is 33.5 Å². The molecule has 0 spiro atoms. The van der Waals surface area contributed by atoms with Crippen molar-refractivity contribution in [1.82, 2.24) is 0 Å². The fraction of sp³-hybridized carbons (Fsp3) is 0.429. The van der Waals surface area contributed by atoms with Gasteiger partial charge in [0.1, 0.15) is 0 Å². The van der Waals surface area contributed by atoms with E-state index in [1.54, 1.807) is 13.8 Å². The topological polar surface area (TPSA) is 66.4 Å². The van der Waals surface area contributed by atoms with Gasteiger partial charge in [-0.2, -0.15) is 0 Å². The molecule has 104 valence electrons. The van der Waals surface area contributed by atoms with Gasteiger partial charge in [-0.15, -0.1) is 0 Å².